The second-order valence-electron chi connectivity index (χ2n) is 5.14. The highest BCUT2D eigenvalue weighted by molar-refractivity contribution is 5.05. The zero-order chi connectivity index (χ0) is 12.3. The molecule has 0 bridgehead atoms. The molecule has 1 aromatic rings. The molecule has 1 N–H and O–H groups in total. The third kappa shape index (κ3) is 2.83. The van der Waals surface area contributed by atoms with Gasteiger partial charge >= 0.3 is 0 Å². The molecule has 1 heterocycles. The van der Waals surface area contributed by atoms with Crippen LogP contribution in [0.15, 0.2) is 12.4 Å². The number of aliphatic hydroxyl groups is 1. The topological polar surface area (TPSA) is 46.0 Å². The average molecular weight is 234 g/mol. The van der Waals surface area contributed by atoms with E-state index in [1.807, 2.05) is 6.92 Å². The Hall–Kier alpha value is -0.960. The molecule has 1 saturated carbocycles. The summed E-state index contributed by atoms with van der Waals surface area (Å²) in [5.74, 6) is 1.01. The minimum atomic E-state index is -0.437. The number of aryl methyl sites for hydroxylation is 1. The molecular weight excluding hydrogens is 212 g/mol. The number of aliphatic hydroxyl groups excluding tert-OH is 1. The number of hydrogen-bond donors (Lipinski definition) is 1. The van der Waals surface area contributed by atoms with E-state index in [2.05, 4.69) is 16.9 Å². The van der Waals surface area contributed by atoms with E-state index >= 15 is 0 Å². The van der Waals surface area contributed by atoms with Gasteiger partial charge in [-0.2, -0.15) is 0 Å². The average Bonchev–Trinajstić information content (AvgIpc) is 2.39. The minimum Gasteiger partial charge on any atom is -0.386 e. The van der Waals surface area contributed by atoms with Crippen LogP contribution in [-0.2, 0) is 0 Å². The van der Waals surface area contributed by atoms with E-state index < -0.39 is 6.10 Å². The van der Waals surface area contributed by atoms with Gasteiger partial charge in [0.1, 0.15) is 6.10 Å². The van der Waals surface area contributed by atoms with Crippen LogP contribution in [0.5, 0.6) is 0 Å². The first kappa shape index (κ1) is 12.5. The lowest BCUT2D eigenvalue weighted by Gasteiger charge is -2.33. The highest BCUT2D eigenvalue weighted by Gasteiger charge is 2.31. The lowest BCUT2D eigenvalue weighted by Crippen LogP contribution is -2.26. The van der Waals surface area contributed by atoms with Crippen LogP contribution in [0.25, 0.3) is 0 Å². The lowest BCUT2D eigenvalue weighted by molar-refractivity contribution is 0.0419. The monoisotopic (exact) mass is 234 g/mol. The van der Waals surface area contributed by atoms with Crippen molar-refractivity contribution in [3.05, 3.63) is 23.8 Å². The number of nitrogens with zero attached hydrogens (tertiary/aromatic N) is 2. The van der Waals surface area contributed by atoms with Crippen LogP contribution in [-0.4, -0.2) is 15.1 Å². The van der Waals surface area contributed by atoms with Crippen molar-refractivity contribution in [1.29, 1.82) is 0 Å². The minimum absolute atomic E-state index is 0.366. The van der Waals surface area contributed by atoms with Crippen LogP contribution in [0.3, 0.4) is 0 Å². The molecule has 1 fully saturated rings. The predicted molar refractivity (Wildman–Crippen MR) is 67.5 cm³/mol. The summed E-state index contributed by atoms with van der Waals surface area (Å²) in [6.07, 6.45) is 9.09. The van der Waals surface area contributed by atoms with Gasteiger partial charge in [0.25, 0.3) is 0 Å². The summed E-state index contributed by atoms with van der Waals surface area (Å²) in [6, 6.07) is 0. The fourth-order valence-electron chi connectivity index (χ4n) is 2.93. The van der Waals surface area contributed by atoms with Crippen molar-refractivity contribution < 1.29 is 5.11 Å². The van der Waals surface area contributed by atoms with E-state index in [-0.39, 0.29) is 0 Å². The normalized spacial score (nSPS) is 26.8. The van der Waals surface area contributed by atoms with Crippen molar-refractivity contribution in [3.63, 3.8) is 0 Å². The highest BCUT2D eigenvalue weighted by atomic mass is 16.3. The summed E-state index contributed by atoms with van der Waals surface area (Å²) in [7, 11) is 0. The van der Waals surface area contributed by atoms with Gasteiger partial charge in [-0.15, -0.1) is 0 Å². The molecule has 1 aliphatic rings. The predicted octanol–water partition coefficient (Wildman–Crippen LogP) is 3.03. The summed E-state index contributed by atoms with van der Waals surface area (Å²) in [5.41, 5.74) is 1.64. The maximum atomic E-state index is 10.4. The summed E-state index contributed by atoms with van der Waals surface area (Å²) in [6.45, 7) is 4.13. The molecule has 0 saturated heterocycles. The van der Waals surface area contributed by atoms with E-state index in [1.54, 1.807) is 12.4 Å². The van der Waals surface area contributed by atoms with Crippen LogP contribution >= 0.6 is 0 Å². The van der Waals surface area contributed by atoms with Gasteiger partial charge in [-0.05, 0) is 25.2 Å². The van der Waals surface area contributed by atoms with Crippen molar-refractivity contribution in [3.8, 4) is 0 Å². The Morgan fingerprint density at radius 1 is 1.29 bits per heavy atom. The fraction of sp³-hybridized carbons (Fsp3) is 0.714. The van der Waals surface area contributed by atoms with Gasteiger partial charge in [-0.1, -0.05) is 32.6 Å². The molecule has 1 aliphatic carbocycles. The summed E-state index contributed by atoms with van der Waals surface area (Å²) < 4.78 is 0. The Balaban J connectivity index is 2.12. The molecule has 3 nitrogen and oxygen atoms in total. The summed E-state index contributed by atoms with van der Waals surface area (Å²) in [4.78, 5) is 8.53. The van der Waals surface area contributed by atoms with Crippen molar-refractivity contribution in [2.75, 3.05) is 0 Å². The van der Waals surface area contributed by atoms with Crippen molar-refractivity contribution in [2.24, 2.45) is 11.8 Å². The zero-order valence-corrected chi connectivity index (χ0v) is 10.8. The van der Waals surface area contributed by atoms with Crippen molar-refractivity contribution in [1.82, 2.24) is 9.97 Å². The summed E-state index contributed by atoms with van der Waals surface area (Å²) >= 11 is 0. The maximum Gasteiger partial charge on any atom is 0.101 e. The van der Waals surface area contributed by atoms with Crippen LogP contribution in [0.4, 0.5) is 0 Å². The molecule has 0 aromatic carbocycles. The smallest absolute Gasteiger partial charge is 0.101 e. The van der Waals surface area contributed by atoms with E-state index in [0.717, 1.165) is 24.2 Å². The standard InChI is InChI=1S/C14H22N2O/c1-3-11-6-4-5-7-12(11)14(17)13-9-15-10(2)8-16-13/h8-9,11-12,14,17H,3-7H2,1-2H3. The second kappa shape index (κ2) is 5.58. The Morgan fingerprint density at radius 2 is 2.06 bits per heavy atom. The first-order valence-corrected chi connectivity index (χ1v) is 6.69. The molecule has 0 radical (unpaired) electrons. The Kier molecular flexibility index (Phi) is 4.11. The Morgan fingerprint density at radius 3 is 2.71 bits per heavy atom. The van der Waals surface area contributed by atoms with Crippen LogP contribution in [0.1, 0.15) is 56.5 Å². The first-order chi connectivity index (χ1) is 8.22. The second-order valence-corrected chi connectivity index (χ2v) is 5.14. The third-order valence-electron chi connectivity index (χ3n) is 4.00. The van der Waals surface area contributed by atoms with Gasteiger partial charge in [0.15, 0.2) is 0 Å². The molecule has 1 aromatic heterocycles. The number of rotatable bonds is 3. The molecular formula is C14H22N2O. The van der Waals surface area contributed by atoms with E-state index in [0.29, 0.717) is 11.8 Å². The van der Waals surface area contributed by atoms with Crippen LogP contribution < -0.4 is 0 Å². The fourth-order valence-corrected chi connectivity index (χ4v) is 2.93. The molecule has 3 atom stereocenters. The van der Waals surface area contributed by atoms with Gasteiger partial charge < -0.3 is 5.11 Å². The molecule has 3 heteroatoms. The van der Waals surface area contributed by atoms with E-state index in [9.17, 15) is 5.11 Å². The van der Waals surface area contributed by atoms with Gasteiger partial charge in [-0.3, -0.25) is 9.97 Å². The largest absolute Gasteiger partial charge is 0.386 e. The molecule has 0 aliphatic heterocycles. The van der Waals surface area contributed by atoms with Gasteiger partial charge in [0.05, 0.1) is 17.6 Å². The zero-order valence-electron chi connectivity index (χ0n) is 10.8. The summed E-state index contributed by atoms with van der Waals surface area (Å²) in [5, 5.41) is 10.4. The number of hydrogen-bond acceptors (Lipinski definition) is 3. The van der Waals surface area contributed by atoms with Gasteiger partial charge in [0, 0.05) is 6.20 Å². The molecule has 0 amide bonds. The highest BCUT2D eigenvalue weighted by Crippen LogP contribution is 2.39. The van der Waals surface area contributed by atoms with Crippen LogP contribution in [0.2, 0.25) is 0 Å². The number of aromatic nitrogens is 2. The van der Waals surface area contributed by atoms with E-state index in [1.165, 1.54) is 19.3 Å². The van der Waals surface area contributed by atoms with Crippen molar-refractivity contribution in [2.45, 2.75) is 52.1 Å². The molecule has 94 valence electrons. The van der Waals surface area contributed by atoms with Crippen LogP contribution in [0, 0.1) is 18.8 Å². The quantitative estimate of drug-likeness (QED) is 0.874. The third-order valence-corrected chi connectivity index (χ3v) is 4.00. The Labute approximate surface area is 103 Å². The SMILES string of the molecule is CCC1CCCCC1C(O)c1cnc(C)cn1. The van der Waals surface area contributed by atoms with Gasteiger partial charge in [-0.25, -0.2) is 0 Å². The van der Waals surface area contributed by atoms with E-state index in [4.69, 9.17) is 0 Å². The first-order valence-electron chi connectivity index (χ1n) is 6.69. The van der Waals surface area contributed by atoms with Gasteiger partial charge in [0.2, 0.25) is 0 Å². The lowest BCUT2D eigenvalue weighted by atomic mass is 9.74. The Bertz CT molecular complexity index is 350. The molecule has 0 spiro atoms. The molecule has 17 heavy (non-hydrogen) atoms. The molecule has 3 unspecified atom stereocenters. The van der Waals surface area contributed by atoms with Crippen molar-refractivity contribution >= 4 is 0 Å². The maximum absolute atomic E-state index is 10.4. The molecule has 2 rings (SSSR count).